The van der Waals surface area contributed by atoms with Crippen LogP contribution in [0.25, 0.3) is 0 Å². The van der Waals surface area contributed by atoms with Crippen molar-refractivity contribution in [2.45, 2.75) is 64.4 Å². The number of aliphatic carboxylic acids is 1. The summed E-state index contributed by atoms with van der Waals surface area (Å²) in [6.45, 7) is 2.42. The fourth-order valence-corrected chi connectivity index (χ4v) is 2.81. The number of hydrogen-bond acceptors (Lipinski definition) is 3. The number of rotatable bonds is 8. The van der Waals surface area contributed by atoms with Crippen molar-refractivity contribution in [2.75, 3.05) is 6.54 Å². The van der Waals surface area contributed by atoms with Gasteiger partial charge in [0.1, 0.15) is 0 Å². The van der Waals surface area contributed by atoms with Crippen LogP contribution in [-0.2, 0) is 9.59 Å². The van der Waals surface area contributed by atoms with Gasteiger partial charge in [0.2, 0.25) is 5.91 Å². The number of unbranched alkanes of at least 4 members (excludes halogenated alkanes) is 1. The zero-order chi connectivity index (χ0) is 15.0. The quantitative estimate of drug-likeness (QED) is 0.636. The number of carboxylic acid groups (broad SMARTS) is 1. The Hall–Kier alpha value is -1.10. The molecule has 0 aliphatic heterocycles. The second-order valence-electron chi connectivity index (χ2n) is 5.79. The first kappa shape index (κ1) is 17.0. The predicted molar refractivity (Wildman–Crippen MR) is 76.2 cm³/mol. The first-order chi connectivity index (χ1) is 9.54. The number of carbonyl (C=O) groups is 2. The molecule has 0 saturated heterocycles. The normalized spacial score (nSPS) is 24.1. The first-order valence-electron chi connectivity index (χ1n) is 7.73. The minimum Gasteiger partial charge on any atom is -0.479 e. The van der Waals surface area contributed by atoms with E-state index < -0.39 is 12.1 Å². The van der Waals surface area contributed by atoms with E-state index in [-0.39, 0.29) is 24.8 Å². The second kappa shape index (κ2) is 8.95. The zero-order valence-electron chi connectivity index (χ0n) is 12.3. The summed E-state index contributed by atoms with van der Waals surface area (Å²) in [4.78, 5) is 22.4. The number of aliphatic hydroxyl groups excluding tert-OH is 1. The molecular formula is C15H27NO4. The van der Waals surface area contributed by atoms with E-state index in [1.165, 1.54) is 19.3 Å². The van der Waals surface area contributed by atoms with Crippen LogP contribution >= 0.6 is 0 Å². The summed E-state index contributed by atoms with van der Waals surface area (Å²) < 4.78 is 0. The Balaban J connectivity index is 2.17. The minimum absolute atomic E-state index is 0.0107. The van der Waals surface area contributed by atoms with Crippen molar-refractivity contribution >= 4 is 11.9 Å². The average molecular weight is 285 g/mol. The highest BCUT2D eigenvalue weighted by Crippen LogP contribution is 2.31. The molecule has 20 heavy (non-hydrogen) atoms. The van der Waals surface area contributed by atoms with E-state index in [9.17, 15) is 9.59 Å². The Morgan fingerprint density at radius 1 is 1.25 bits per heavy atom. The van der Waals surface area contributed by atoms with Gasteiger partial charge in [-0.1, -0.05) is 26.2 Å². The van der Waals surface area contributed by atoms with Gasteiger partial charge in [-0.3, -0.25) is 4.79 Å². The fourth-order valence-electron chi connectivity index (χ4n) is 2.81. The van der Waals surface area contributed by atoms with Crippen LogP contribution < -0.4 is 5.32 Å². The van der Waals surface area contributed by atoms with Gasteiger partial charge < -0.3 is 15.5 Å². The summed E-state index contributed by atoms with van der Waals surface area (Å²) in [6, 6.07) is 0. The monoisotopic (exact) mass is 285 g/mol. The van der Waals surface area contributed by atoms with E-state index in [0.29, 0.717) is 0 Å². The third-order valence-corrected chi connectivity index (χ3v) is 4.19. The van der Waals surface area contributed by atoms with Crippen molar-refractivity contribution in [1.82, 2.24) is 5.32 Å². The van der Waals surface area contributed by atoms with Crippen LogP contribution in [0.5, 0.6) is 0 Å². The molecule has 116 valence electrons. The highest BCUT2D eigenvalue weighted by molar-refractivity contribution is 5.78. The lowest BCUT2D eigenvalue weighted by molar-refractivity contribution is -0.147. The van der Waals surface area contributed by atoms with E-state index in [1.54, 1.807) is 0 Å². The molecule has 3 N–H and O–H groups in total. The molecule has 1 saturated carbocycles. The molecule has 5 heteroatoms. The topological polar surface area (TPSA) is 86.6 Å². The lowest BCUT2D eigenvalue weighted by atomic mass is 9.79. The van der Waals surface area contributed by atoms with Crippen LogP contribution in [0.15, 0.2) is 0 Å². The lowest BCUT2D eigenvalue weighted by Gasteiger charge is -2.27. The summed E-state index contributed by atoms with van der Waals surface area (Å²) in [6.07, 6.45) is 6.55. The van der Waals surface area contributed by atoms with Crippen molar-refractivity contribution in [3.05, 3.63) is 0 Å². The summed E-state index contributed by atoms with van der Waals surface area (Å²) in [7, 11) is 0. The molecule has 1 unspecified atom stereocenters. The molecule has 0 bridgehead atoms. The van der Waals surface area contributed by atoms with Gasteiger partial charge in [0.25, 0.3) is 0 Å². The maximum Gasteiger partial charge on any atom is 0.332 e. The first-order valence-corrected chi connectivity index (χ1v) is 7.73. The smallest absolute Gasteiger partial charge is 0.332 e. The zero-order valence-corrected chi connectivity index (χ0v) is 12.3. The van der Waals surface area contributed by atoms with E-state index in [0.717, 1.165) is 31.6 Å². The Kier molecular flexibility index (Phi) is 7.59. The standard InChI is InChI=1S/C15H27NO4/c1-2-3-4-11-5-7-12(8-6-11)14(18)16-10-9-13(17)15(19)20/h11-13,17H,2-10H2,1H3,(H,16,18)(H,19,20). The second-order valence-corrected chi connectivity index (χ2v) is 5.79. The largest absolute Gasteiger partial charge is 0.479 e. The van der Waals surface area contributed by atoms with Crippen LogP contribution in [0.1, 0.15) is 58.3 Å². The van der Waals surface area contributed by atoms with Gasteiger partial charge in [-0.2, -0.15) is 0 Å². The third kappa shape index (κ3) is 5.90. The van der Waals surface area contributed by atoms with Gasteiger partial charge in [0.15, 0.2) is 6.10 Å². The Morgan fingerprint density at radius 2 is 1.90 bits per heavy atom. The van der Waals surface area contributed by atoms with Gasteiger partial charge in [-0.25, -0.2) is 4.79 Å². The molecule has 0 aromatic carbocycles. The lowest BCUT2D eigenvalue weighted by Crippen LogP contribution is -2.35. The molecule has 1 aliphatic rings. The highest BCUT2D eigenvalue weighted by Gasteiger charge is 2.25. The molecule has 1 atom stereocenters. The van der Waals surface area contributed by atoms with Crippen LogP contribution in [0.3, 0.4) is 0 Å². The number of aliphatic hydroxyl groups is 1. The molecule has 0 aromatic heterocycles. The van der Waals surface area contributed by atoms with Gasteiger partial charge >= 0.3 is 5.97 Å². The molecule has 1 fully saturated rings. The molecule has 0 radical (unpaired) electrons. The third-order valence-electron chi connectivity index (χ3n) is 4.19. The number of amides is 1. The molecule has 0 aromatic rings. The summed E-state index contributed by atoms with van der Waals surface area (Å²) >= 11 is 0. The molecule has 1 amide bonds. The maximum atomic E-state index is 11.9. The van der Waals surface area contributed by atoms with E-state index in [4.69, 9.17) is 10.2 Å². The van der Waals surface area contributed by atoms with Crippen molar-refractivity contribution < 1.29 is 19.8 Å². The Bertz CT molecular complexity index is 311. The Morgan fingerprint density at radius 3 is 2.45 bits per heavy atom. The van der Waals surface area contributed by atoms with Crippen molar-refractivity contribution in [3.63, 3.8) is 0 Å². The van der Waals surface area contributed by atoms with Gasteiger partial charge in [-0.05, 0) is 31.6 Å². The minimum atomic E-state index is -1.39. The van der Waals surface area contributed by atoms with Gasteiger partial charge in [0.05, 0.1) is 0 Å². The number of carbonyl (C=O) groups excluding carboxylic acids is 1. The molecule has 1 rings (SSSR count). The highest BCUT2D eigenvalue weighted by atomic mass is 16.4. The summed E-state index contributed by atoms with van der Waals surface area (Å²) in [5.74, 6) is -0.394. The van der Waals surface area contributed by atoms with Gasteiger partial charge in [0, 0.05) is 18.9 Å². The molecule has 1 aliphatic carbocycles. The Labute approximate surface area is 120 Å². The van der Waals surface area contributed by atoms with Crippen molar-refractivity contribution in [2.24, 2.45) is 11.8 Å². The molecule has 0 heterocycles. The van der Waals surface area contributed by atoms with E-state index in [2.05, 4.69) is 12.2 Å². The van der Waals surface area contributed by atoms with Crippen LogP contribution in [0.2, 0.25) is 0 Å². The fraction of sp³-hybridized carbons (Fsp3) is 0.867. The van der Waals surface area contributed by atoms with Crippen LogP contribution in [0.4, 0.5) is 0 Å². The van der Waals surface area contributed by atoms with Gasteiger partial charge in [-0.15, -0.1) is 0 Å². The van der Waals surface area contributed by atoms with Crippen molar-refractivity contribution in [3.8, 4) is 0 Å². The summed E-state index contributed by atoms with van der Waals surface area (Å²) in [5.41, 5.74) is 0. The number of carboxylic acids is 1. The number of hydrogen-bond donors (Lipinski definition) is 3. The molecule has 0 spiro atoms. The van der Waals surface area contributed by atoms with Crippen LogP contribution in [0, 0.1) is 11.8 Å². The predicted octanol–water partition coefficient (Wildman–Crippen LogP) is 1.93. The summed E-state index contributed by atoms with van der Waals surface area (Å²) in [5, 5.41) is 20.4. The maximum absolute atomic E-state index is 11.9. The number of nitrogens with one attached hydrogen (secondary N) is 1. The van der Waals surface area contributed by atoms with E-state index >= 15 is 0 Å². The SMILES string of the molecule is CCCCC1CCC(C(=O)NCCC(O)C(=O)O)CC1. The van der Waals surface area contributed by atoms with E-state index in [1.807, 2.05) is 0 Å². The molecule has 5 nitrogen and oxygen atoms in total. The molecular weight excluding hydrogens is 258 g/mol. The van der Waals surface area contributed by atoms with Crippen LogP contribution in [-0.4, -0.2) is 34.7 Å². The van der Waals surface area contributed by atoms with Crippen molar-refractivity contribution in [1.29, 1.82) is 0 Å². The average Bonchev–Trinajstić information content (AvgIpc) is 2.45.